The Labute approximate surface area is 363 Å². The molecule has 2 aromatic heterocycles. The van der Waals surface area contributed by atoms with Gasteiger partial charge in [-0.05, 0) is 102 Å². The first-order chi connectivity index (χ1) is 30.2. The van der Waals surface area contributed by atoms with Gasteiger partial charge in [-0.25, -0.2) is 4.98 Å². The third kappa shape index (κ3) is 7.44. The summed E-state index contributed by atoms with van der Waals surface area (Å²) in [6.45, 7) is -0.594. The number of para-hydroxylation sites is 1. The van der Waals surface area contributed by atoms with Crippen LogP contribution in [0.15, 0.2) is 164 Å². The summed E-state index contributed by atoms with van der Waals surface area (Å²) < 4.78 is 56.9. The molecule has 0 spiro atoms. The van der Waals surface area contributed by atoms with Crippen LogP contribution in [-0.4, -0.2) is 14.5 Å². The summed E-state index contributed by atoms with van der Waals surface area (Å²) in [5.74, 6) is 1.12. The molecule has 0 aliphatic heterocycles. The number of aromatic nitrogens is 3. The van der Waals surface area contributed by atoms with Crippen molar-refractivity contribution in [1.29, 1.82) is 0 Å². The van der Waals surface area contributed by atoms with Gasteiger partial charge in [-0.2, -0.15) is 7.11 Å². The van der Waals surface area contributed by atoms with Crippen molar-refractivity contribution in [2.75, 3.05) is 0 Å². The number of aryl methyl sites for hydroxylation is 4. The molecule has 0 atom stereocenters. The fourth-order valence-electron chi connectivity index (χ4n) is 7.68. The average Bonchev–Trinajstić information content (AvgIpc) is 3.68. The van der Waals surface area contributed by atoms with Crippen LogP contribution in [0.1, 0.15) is 30.5 Å². The number of imidazole rings is 1. The Morgan fingerprint density at radius 1 is 0.586 bits per heavy atom. The number of nitrogens with zero attached hydrogens (tertiary/aromatic N) is 3. The third-order valence-electron chi connectivity index (χ3n) is 10.3. The molecule has 0 saturated heterocycles. The van der Waals surface area contributed by atoms with Crippen molar-refractivity contribution in [3.8, 4) is 78.6 Å². The van der Waals surface area contributed by atoms with Crippen molar-refractivity contribution in [1.82, 2.24) is 14.5 Å². The zero-order valence-corrected chi connectivity index (χ0v) is 34.1. The number of benzene rings is 7. The number of fused-ring (bicyclic) bond motifs is 1. The molecule has 0 aliphatic rings. The van der Waals surface area contributed by atoms with E-state index < -0.39 is 13.7 Å². The van der Waals surface area contributed by atoms with Crippen molar-refractivity contribution in [2.24, 2.45) is 0 Å². The summed E-state index contributed by atoms with van der Waals surface area (Å²) >= 11 is 0. The van der Waals surface area contributed by atoms with E-state index in [0.29, 0.717) is 34.0 Å². The smallest absolute Gasteiger partial charge is 0.665 e. The maximum absolute atomic E-state index is 8.53. The van der Waals surface area contributed by atoms with Crippen molar-refractivity contribution in [3.05, 3.63) is 199 Å². The van der Waals surface area contributed by atoms with E-state index in [1.807, 2.05) is 128 Å². The molecule has 0 unspecified atom stereocenters. The van der Waals surface area contributed by atoms with Crippen molar-refractivity contribution < 1.29 is 34.0 Å². The number of pyridine rings is 1. The zero-order valence-electron chi connectivity index (χ0n) is 37.9. The summed E-state index contributed by atoms with van der Waals surface area (Å²) in [5.41, 5.74) is 13.5. The van der Waals surface area contributed by atoms with Gasteiger partial charge in [0.1, 0.15) is 5.82 Å². The quantitative estimate of drug-likeness (QED) is 0.143. The predicted octanol–water partition coefficient (Wildman–Crippen LogP) is 13.6. The summed E-state index contributed by atoms with van der Waals surface area (Å²) in [4.78, 5) is 10.3. The minimum atomic E-state index is -2.39. The molecule has 5 heteroatoms. The van der Waals surface area contributed by atoms with Gasteiger partial charge < -0.3 is 4.74 Å². The summed E-state index contributed by atoms with van der Waals surface area (Å²) in [7, 11) is 3.83. The summed E-state index contributed by atoms with van der Waals surface area (Å²) in [5, 5.41) is 0. The van der Waals surface area contributed by atoms with Gasteiger partial charge in [0.2, 0.25) is 0 Å². The van der Waals surface area contributed by atoms with Crippen LogP contribution >= 0.6 is 0 Å². The Morgan fingerprint density at radius 3 is 1.98 bits per heavy atom. The molecule has 0 saturated carbocycles. The topological polar surface area (TPSA) is 39.9 Å². The van der Waals surface area contributed by atoms with E-state index in [1.54, 1.807) is 30.5 Å². The van der Waals surface area contributed by atoms with Gasteiger partial charge in [0, 0.05) is 25.8 Å². The molecule has 0 aliphatic carbocycles. The number of ether oxygens (including phenoxy) is 1. The number of hydrogen-bond acceptors (Lipinski definition) is 3. The van der Waals surface area contributed by atoms with Gasteiger partial charge >= 0.3 is 21.1 Å². The van der Waals surface area contributed by atoms with Crippen molar-refractivity contribution in [3.63, 3.8) is 0 Å². The monoisotopic (exact) mass is 936 g/mol. The molecule has 0 radical (unpaired) electrons. The Hall–Kier alpha value is -6.35. The molecule has 9 rings (SSSR count). The van der Waals surface area contributed by atoms with Crippen LogP contribution in [0.5, 0.6) is 5.75 Å². The molecule has 58 heavy (non-hydrogen) atoms. The zero-order chi connectivity index (χ0) is 44.0. The maximum Gasteiger partial charge on any atom is 2.00 e. The first kappa shape index (κ1) is 31.7. The van der Waals surface area contributed by atoms with Crippen LogP contribution in [0.4, 0.5) is 0 Å². The maximum atomic E-state index is 8.53. The second-order valence-corrected chi connectivity index (χ2v) is 14.3. The fraction of sp³-hybridized carbons (Fsp3) is 0.0755. The number of hydrogen-bond donors (Lipinski definition) is 0. The van der Waals surface area contributed by atoms with Gasteiger partial charge in [-0.1, -0.05) is 138 Å². The SMILES string of the molecule is [2H]C([2H])([2H])c1ccc(-c2ccnc(-c3[c-]c(-c4cccc5c4nc(-c4cc(C)cc(C)c4O[CH2-])n5-c4cc(-c5ccccc5)cc(C([2H])([2H])[2H])c4)cc(-c4ccccc4)c3)c2)cc1.[Pt+2]. The molecule has 0 amide bonds. The molecular formula is C53H41N3OPt. The Morgan fingerprint density at radius 2 is 1.28 bits per heavy atom. The van der Waals surface area contributed by atoms with Gasteiger partial charge in [0.15, 0.2) is 0 Å². The molecule has 4 nitrogen and oxygen atoms in total. The van der Waals surface area contributed by atoms with E-state index in [2.05, 4.69) is 37.4 Å². The van der Waals surface area contributed by atoms with Gasteiger partial charge in [-0.3, -0.25) is 9.55 Å². The van der Waals surface area contributed by atoms with E-state index in [4.69, 9.17) is 22.9 Å². The van der Waals surface area contributed by atoms with E-state index in [9.17, 15) is 0 Å². The molecule has 9 aromatic rings. The molecule has 284 valence electrons. The minimum absolute atomic E-state index is 0. The van der Waals surface area contributed by atoms with E-state index in [0.717, 1.165) is 66.7 Å². The second kappa shape index (κ2) is 16.3. The fourth-order valence-corrected chi connectivity index (χ4v) is 7.68. The summed E-state index contributed by atoms with van der Waals surface area (Å²) in [6.07, 6.45) is 1.75. The average molecular weight is 937 g/mol. The van der Waals surface area contributed by atoms with Gasteiger partial charge in [-0.15, -0.1) is 23.8 Å². The third-order valence-corrected chi connectivity index (χ3v) is 10.3. The van der Waals surface area contributed by atoms with Crippen LogP contribution in [0.2, 0.25) is 0 Å². The van der Waals surface area contributed by atoms with Gasteiger partial charge in [0.05, 0.1) is 22.3 Å². The normalized spacial score (nSPS) is 13.0. The Balaban J connectivity index is 0.00000560. The standard InChI is InChI=1S/C53H41N3O.Pt/c1-34-19-21-40(22-20-34)41-23-24-54-49(33-41)45-30-43(39-15-10-7-11-16-39)29-44(31-45)47-17-12-18-50-51(47)55-53(48-28-35(2)25-37(4)52(48)57-5)56(50)46-27-36(3)26-42(32-46)38-13-8-6-9-14-38;/h6-30,32-33H,5H2,1-4H3;/q-2;+2/i1D3,3D3;. The molecule has 0 N–H and O–H groups in total. The van der Waals surface area contributed by atoms with Crippen LogP contribution in [0.3, 0.4) is 0 Å². The summed E-state index contributed by atoms with van der Waals surface area (Å²) in [6, 6.07) is 54.1. The van der Waals surface area contributed by atoms with E-state index in [1.165, 1.54) is 0 Å². The second-order valence-electron chi connectivity index (χ2n) is 14.3. The van der Waals surface area contributed by atoms with Crippen molar-refractivity contribution >= 4 is 11.0 Å². The van der Waals surface area contributed by atoms with Crippen LogP contribution in [0, 0.1) is 40.7 Å². The molecular weight excluding hydrogens is 890 g/mol. The molecule has 7 aromatic carbocycles. The van der Waals surface area contributed by atoms with E-state index >= 15 is 0 Å². The number of rotatable bonds is 8. The van der Waals surface area contributed by atoms with Crippen molar-refractivity contribution in [2.45, 2.75) is 27.6 Å². The Kier molecular flexibility index (Phi) is 8.88. The molecule has 2 heterocycles. The van der Waals surface area contributed by atoms with Crippen LogP contribution in [0.25, 0.3) is 83.9 Å². The first-order valence-corrected chi connectivity index (χ1v) is 18.7. The Bertz CT molecular complexity index is 3140. The predicted molar refractivity (Wildman–Crippen MR) is 235 cm³/mol. The molecule has 0 fully saturated rings. The van der Waals surface area contributed by atoms with Crippen LogP contribution in [-0.2, 0) is 21.1 Å². The minimum Gasteiger partial charge on any atom is -0.665 e. The largest absolute Gasteiger partial charge is 2.00 e. The van der Waals surface area contributed by atoms with Gasteiger partial charge in [0.25, 0.3) is 0 Å². The first-order valence-electron chi connectivity index (χ1n) is 21.7. The van der Waals surface area contributed by atoms with E-state index in [-0.39, 0.29) is 32.2 Å². The molecule has 0 bridgehead atoms. The van der Waals surface area contributed by atoms with Crippen LogP contribution < -0.4 is 4.74 Å².